The fourth-order valence-corrected chi connectivity index (χ4v) is 3.44. The van der Waals surface area contributed by atoms with Gasteiger partial charge in [0.05, 0.1) is 6.10 Å². The van der Waals surface area contributed by atoms with Gasteiger partial charge in [-0.1, -0.05) is 34.5 Å². The molecule has 0 fully saturated rings. The Morgan fingerprint density at radius 3 is 2.58 bits per heavy atom. The molecule has 0 bridgehead atoms. The first-order chi connectivity index (χ1) is 11.4. The smallest absolute Gasteiger partial charge is 0.323 e. The van der Waals surface area contributed by atoms with Gasteiger partial charge in [0.1, 0.15) is 5.01 Å². The SMILES string of the molecule is CCN(C[C@H](C)O)C(=O)Nc1nnc(Cc2cc(Cl)cc(Cl)c2)s1. The van der Waals surface area contributed by atoms with Crippen molar-refractivity contribution in [3.05, 3.63) is 38.8 Å². The molecule has 0 spiro atoms. The first kappa shape index (κ1) is 18.9. The summed E-state index contributed by atoms with van der Waals surface area (Å²) < 4.78 is 0. The van der Waals surface area contributed by atoms with Crippen molar-refractivity contribution in [1.29, 1.82) is 0 Å². The lowest BCUT2D eigenvalue weighted by atomic mass is 10.2. The topological polar surface area (TPSA) is 78.4 Å². The second-order valence-electron chi connectivity index (χ2n) is 5.27. The molecule has 1 heterocycles. The Labute approximate surface area is 154 Å². The molecule has 0 aliphatic heterocycles. The number of nitrogens with one attached hydrogen (secondary N) is 1. The van der Waals surface area contributed by atoms with Crippen LogP contribution in [0.25, 0.3) is 0 Å². The molecule has 9 heteroatoms. The van der Waals surface area contributed by atoms with Crippen molar-refractivity contribution in [2.45, 2.75) is 26.4 Å². The van der Waals surface area contributed by atoms with Crippen LogP contribution in [-0.4, -0.2) is 45.4 Å². The number of hydrogen-bond acceptors (Lipinski definition) is 5. The van der Waals surface area contributed by atoms with Gasteiger partial charge >= 0.3 is 6.03 Å². The number of carbonyl (C=O) groups excluding carboxylic acids is 1. The predicted octanol–water partition coefficient (Wildman–Crippen LogP) is 3.67. The predicted molar refractivity (Wildman–Crippen MR) is 97.1 cm³/mol. The summed E-state index contributed by atoms with van der Waals surface area (Å²) in [6.45, 7) is 4.23. The molecule has 6 nitrogen and oxygen atoms in total. The first-order valence-corrected chi connectivity index (χ1v) is 8.96. The molecule has 2 N–H and O–H groups in total. The van der Waals surface area contributed by atoms with Crippen molar-refractivity contribution >= 4 is 45.7 Å². The molecule has 0 aliphatic rings. The van der Waals surface area contributed by atoms with Gasteiger partial charge in [-0.25, -0.2) is 4.79 Å². The summed E-state index contributed by atoms with van der Waals surface area (Å²) >= 11 is 13.3. The second-order valence-corrected chi connectivity index (χ2v) is 7.21. The Kier molecular flexibility index (Phi) is 6.79. The summed E-state index contributed by atoms with van der Waals surface area (Å²) in [5.41, 5.74) is 0.922. The van der Waals surface area contributed by atoms with Gasteiger partial charge in [-0.2, -0.15) is 0 Å². The lowest BCUT2D eigenvalue weighted by Gasteiger charge is -2.21. The van der Waals surface area contributed by atoms with Crippen LogP contribution in [0.1, 0.15) is 24.4 Å². The Bertz CT molecular complexity index is 688. The number of nitrogens with zero attached hydrogens (tertiary/aromatic N) is 3. The van der Waals surface area contributed by atoms with E-state index in [1.165, 1.54) is 16.2 Å². The monoisotopic (exact) mass is 388 g/mol. The van der Waals surface area contributed by atoms with E-state index in [1.807, 2.05) is 19.1 Å². The van der Waals surface area contributed by atoms with Gasteiger partial charge in [0.15, 0.2) is 0 Å². The molecular formula is C15H18Cl2N4O2S. The van der Waals surface area contributed by atoms with E-state index in [0.717, 1.165) is 10.6 Å². The standard InChI is InChI=1S/C15H18Cl2N4O2S/c1-3-21(8-9(2)22)15(23)18-14-20-19-13(24-14)6-10-4-11(16)7-12(17)5-10/h4-5,7,9,22H,3,6,8H2,1-2H3,(H,18,20,23)/t9-/m0/s1. The molecular weight excluding hydrogens is 371 g/mol. The number of aromatic nitrogens is 2. The summed E-state index contributed by atoms with van der Waals surface area (Å²) in [5, 5.41) is 22.4. The van der Waals surface area contributed by atoms with Crippen molar-refractivity contribution in [3.63, 3.8) is 0 Å². The number of carbonyl (C=O) groups is 1. The number of aliphatic hydroxyl groups excluding tert-OH is 1. The zero-order valence-electron chi connectivity index (χ0n) is 13.3. The van der Waals surface area contributed by atoms with Gasteiger partial charge < -0.3 is 10.0 Å². The van der Waals surface area contributed by atoms with E-state index in [-0.39, 0.29) is 12.6 Å². The molecule has 1 atom stereocenters. The van der Waals surface area contributed by atoms with E-state index >= 15 is 0 Å². The van der Waals surface area contributed by atoms with E-state index in [9.17, 15) is 9.90 Å². The highest BCUT2D eigenvalue weighted by atomic mass is 35.5. The number of hydrogen-bond donors (Lipinski definition) is 2. The molecule has 0 saturated carbocycles. The molecule has 1 aromatic carbocycles. The third kappa shape index (κ3) is 5.59. The average molecular weight is 389 g/mol. The third-order valence-electron chi connectivity index (χ3n) is 3.11. The third-order valence-corrected chi connectivity index (χ3v) is 4.39. The van der Waals surface area contributed by atoms with Crippen molar-refractivity contribution in [2.24, 2.45) is 0 Å². The summed E-state index contributed by atoms with van der Waals surface area (Å²) in [6.07, 6.45) is -0.0628. The maximum absolute atomic E-state index is 12.1. The molecule has 0 aliphatic carbocycles. The Hall–Kier alpha value is -1.41. The van der Waals surface area contributed by atoms with Crippen LogP contribution >= 0.6 is 34.5 Å². The number of amides is 2. The molecule has 0 saturated heterocycles. The lowest BCUT2D eigenvalue weighted by molar-refractivity contribution is 0.141. The van der Waals surface area contributed by atoms with E-state index in [0.29, 0.717) is 28.1 Å². The van der Waals surface area contributed by atoms with Crippen LogP contribution in [0.4, 0.5) is 9.93 Å². The zero-order chi connectivity index (χ0) is 17.7. The van der Waals surface area contributed by atoms with E-state index < -0.39 is 6.10 Å². The molecule has 130 valence electrons. The fourth-order valence-electron chi connectivity index (χ4n) is 2.11. The minimum Gasteiger partial charge on any atom is -0.392 e. The van der Waals surface area contributed by atoms with Crippen molar-refractivity contribution < 1.29 is 9.90 Å². The van der Waals surface area contributed by atoms with Gasteiger partial charge in [-0.05, 0) is 37.6 Å². The quantitative estimate of drug-likeness (QED) is 0.790. The molecule has 2 rings (SSSR count). The van der Waals surface area contributed by atoms with Crippen molar-refractivity contribution in [1.82, 2.24) is 15.1 Å². The number of urea groups is 1. The highest BCUT2D eigenvalue weighted by Crippen LogP contribution is 2.23. The Morgan fingerprint density at radius 2 is 2.00 bits per heavy atom. The van der Waals surface area contributed by atoms with Crippen LogP contribution in [0, 0.1) is 0 Å². The number of halogens is 2. The number of benzene rings is 1. The summed E-state index contributed by atoms with van der Waals surface area (Å²) in [5.74, 6) is 0. The van der Waals surface area contributed by atoms with Crippen LogP contribution in [0.5, 0.6) is 0 Å². The van der Waals surface area contributed by atoms with Crippen LogP contribution in [-0.2, 0) is 6.42 Å². The number of rotatable bonds is 6. The second kappa shape index (κ2) is 8.62. The van der Waals surface area contributed by atoms with Crippen molar-refractivity contribution in [2.75, 3.05) is 18.4 Å². The molecule has 1 aromatic heterocycles. The summed E-state index contributed by atoms with van der Waals surface area (Å²) in [7, 11) is 0. The molecule has 24 heavy (non-hydrogen) atoms. The maximum atomic E-state index is 12.1. The lowest BCUT2D eigenvalue weighted by Crippen LogP contribution is -2.39. The average Bonchev–Trinajstić information content (AvgIpc) is 2.90. The summed E-state index contributed by atoms with van der Waals surface area (Å²) in [4.78, 5) is 13.6. The van der Waals surface area contributed by atoms with Gasteiger partial charge in [-0.3, -0.25) is 5.32 Å². The normalized spacial score (nSPS) is 12.0. The number of anilines is 1. The van der Waals surface area contributed by atoms with Crippen LogP contribution in [0.15, 0.2) is 18.2 Å². The van der Waals surface area contributed by atoms with Crippen LogP contribution < -0.4 is 5.32 Å². The molecule has 2 amide bonds. The van der Waals surface area contributed by atoms with Crippen LogP contribution in [0.3, 0.4) is 0 Å². The van der Waals surface area contributed by atoms with Gasteiger partial charge in [0.2, 0.25) is 5.13 Å². The molecule has 2 aromatic rings. The van der Waals surface area contributed by atoms with E-state index in [2.05, 4.69) is 15.5 Å². The largest absolute Gasteiger partial charge is 0.392 e. The van der Waals surface area contributed by atoms with E-state index in [1.54, 1.807) is 13.0 Å². The first-order valence-electron chi connectivity index (χ1n) is 7.38. The Balaban J connectivity index is 2.01. The highest BCUT2D eigenvalue weighted by Gasteiger charge is 2.16. The van der Waals surface area contributed by atoms with Crippen molar-refractivity contribution in [3.8, 4) is 0 Å². The van der Waals surface area contributed by atoms with Gasteiger partial charge in [0, 0.05) is 29.6 Å². The van der Waals surface area contributed by atoms with Gasteiger partial charge in [0.25, 0.3) is 0 Å². The maximum Gasteiger partial charge on any atom is 0.323 e. The van der Waals surface area contributed by atoms with Gasteiger partial charge in [-0.15, -0.1) is 10.2 Å². The number of likely N-dealkylation sites (N-methyl/N-ethyl adjacent to an activating group) is 1. The zero-order valence-corrected chi connectivity index (χ0v) is 15.6. The summed E-state index contributed by atoms with van der Waals surface area (Å²) in [6, 6.07) is 4.98. The molecule has 0 radical (unpaired) electrons. The Morgan fingerprint density at radius 1 is 1.33 bits per heavy atom. The van der Waals surface area contributed by atoms with Crippen LogP contribution in [0.2, 0.25) is 10.0 Å². The minimum atomic E-state index is -0.590. The minimum absolute atomic E-state index is 0.259. The fraction of sp³-hybridized carbons (Fsp3) is 0.400. The van der Waals surface area contributed by atoms with E-state index in [4.69, 9.17) is 23.2 Å². The number of aliphatic hydroxyl groups is 1. The highest BCUT2D eigenvalue weighted by molar-refractivity contribution is 7.15. The molecule has 0 unspecified atom stereocenters.